The fraction of sp³-hybridized carbons (Fsp3) is 0.562. The number of aryl methyl sites for hydroxylation is 1. The van der Waals surface area contributed by atoms with Gasteiger partial charge in [-0.1, -0.05) is 39.0 Å². The number of unbranched alkanes of at least 4 members (excludes halogenated alkanes) is 5. The summed E-state index contributed by atoms with van der Waals surface area (Å²) < 4.78 is 26.6. The standard InChI is InChI=1S/C16H22F2O/c1-3-4-5-6-7-8-9-16(19)13-10-12(2)14(17)11-15(13)18/h10-11H,3-9H2,1-2H3. The first-order valence-corrected chi connectivity index (χ1v) is 7.05. The number of rotatable bonds is 8. The van der Waals surface area contributed by atoms with Gasteiger partial charge in [0.2, 0.25) is 0 Å². The van der Waals surface area contributed by atoms with Gasteiger partial charge in [0.15, 0.2) is 5.78 Å². The molecule has 1 aromatic rings. The van der Waals surface area contributed by atoms with E-state index in [-0.39, 0.29) is 11.3 Å². The Morgan fingerprint density at radius 1 is 1.00 bits per heavy atom. The van der Waals surface area contributed by atoms with Crippen molar-refractivity contribution in [2.45, 2.75) is 58.8 Å². The van der Waals surface area contributed by atoms with Crippen molar-refractivity contribution in [2.24, 2.45) is 0 Å². The van der Waals surface area contributed by atoms with E-state index < -0.39 is 11.6 Å². The second-order valence-corrected chi connectivity index (χ2v) is 5.02. The Labute approximate surface area is 114 Å². The van der Waals surface area contributed by atoms with Crippen LogP contribution in [0.3, 0.4) is 0 Å². The van der Waals surface area contributed by atoms with E-state index in [1.807, 2.05) is 0 Å². The SMILES string of the molecule is CCCCCCCCC(=O)c1cc(C)c(F)cc1F. The number of Topliss-reactive ketones (excluding diaryl/α,β-unsaturated/α-hetero) is 1. The first kappa shape index (κ1) is 15.8. The van der Waals surface area contributed by atoms with Crippen molar-refractivity contribution in [1.82, 2.24) is 0 Å². The number of halogens is 2. The monoisotopic (exact) mass is 268 g/mol. The highest BCUT2D eigenvalue weighted by Crippen LogP contribution is 2.17. The summed E-state index contributed by atoms with van der Waals surface area (Å²) >= 11 is 0. The molecule has 0 radical (unpaired) electrons. The molecule has 0 unspecified atom stereocenters. The lowest BCUT2D eigenvalue weighted by atomic mass is 10.0. The van der Waals surface area contributed by atoms with E-state index in [1.165, 1.54) is 32.3 Å². The number of hydrogen-bond donors (Lipinski definition) is 0. The molecule has 0 aromatic heterocycles. The van der Waals surface area contributed by atoms with Gasteiger partial charge in [-0.3, -0.25) is 4.79 Å². The van der Waals surface area contributed by atoms with Crippen molar-refractivity contribution in [3.05, 3.63) is 34.9 Å². The van der Waals surface area contributed by atoms with Crippen molar-refractivity contribution in [2.75, 3.05) is 0 Å². The lowest BCUT2D eigenvalue weighted by molar-refractivity contribution is 0.0975. The lowest BCUT2D eigenvalue weighted by Crippen LogP contribution is -2.04. The molecule has 0 bridgehead atoms. The molecule has 0 aliphatic heterocycles. The molecule has 0 N–H and O–H groups in total. The fourth-order valence-electron chi connectivity index (χ4n) is 2.07. The van der Waals surface area contributed by atoms with Crippen LogP contribution in [0.25, 0.3) is 0 Å². The average molecular weight is 268 g/mol. The van der Waals surface area contributed by atoms with Crippen LogP contribution in [0.1, 0.15) is 67.8 Å². The van der Waals surface area contributed by atoms with Crippen LogP contribution in [0.5, 0.6) is 0 Å². The van der Waals surface area contributed by atoms with Gasteiger partial charge in [0, 0.05) is 12.5 Å². The topological polar surface area (TPSA) is 17.1 Å². The van der Waals surface area contributed by atoms with Crippen LogP contribution in [0.2, 0.25) is 0 Å². The Kier molecular flexibility index (Phi) is 6.68. The molecule has 0 spiro atoms. The summed E-state index contributed by atoms with van der Waals surface area (Å²) in [6.07, 6.45) is 6.83. The Bertz CT molecular complexity index is 427. The van der Waals surface area contributed by atoms with Gasteiger partial charge < -0.3 is 0 Å². The summed E-state index contributed by atoms with van der Waals surface area (Å²) in [5, 5.41) is 0. The zero-order valence-electron chi connectivity index (χ0n) is 11.8. The highest BCUT2D eigenvalue weighted by Gasteiger charge is 2.14. The lowest BCUT2D eigenvalue weighted by Gasteiger charge is -2.05. The third-order valence-corrected chi connectivity index (χ3v) is 3.31. The van der Waals surface area contributed by atoms with Crippen LogP contribution < -0.4 is 0 Å². The summed E-state index contributed by atoms with van der Waals surface area (Å²) in [5.41, 5.74) is 0.333. The van der Waals surface area contributed by atoms with Crippen LogP contribution in [0.4, 0.5) is 8.78 Å². The van der Waals surface area contributed by atoms with Crippen LogP contribution in [0, 0.1) is 18.6 Å². The average Bonchev–Trinajstić information content (AvgIpc) is 2.37. The Morgan fingerprint density at radius 3 is 2.32 bits per heavy atom. The summed E-state index contributed by atoms with van der Waals surface area (Å²) in [5.74, 6) is -1.58. The summed E-state index contributed by atoms with van der Waals surface area (Å²) in [7, 11) is 0. The van der Waals surface area contributed by atoms with Gasteiger partial charge in [-0.15, -0.1) is 0 Å². The number of carbonyl (C=O) groups excluding carboxylic acids is 1. The molecule has 0 heterocycles. The molecule has 0 aliphatic carbocycles. The Morgan fingerprint density at radius 2 is 1.63 bits per heavy atom. The highest BCUT2D eigenvalue weighted by molar-refractivity contribution is 5.96. The largest absolute Gasteiger partial charge is 0.294 e. The third kappa shape index (κ3) is 5.09. The molecule has 1 rings (SSSR count). The van der Waals surface area contributed by atoms with Crippen molar-refractivity contribution in [3.8, 4) is 0 Å². The van der Waals surface area contributed by atoms with Crippen molar-refractivity contribution in [3.63, 3.8) is 0 Å². The second kappa shape index (κ2) is 8.03. The normalized spacial score (nSPS) is 10.7. The predicted molar refractivity (Wildman–Crippen MR) is 73.4 cm³/mol. The van der Waals surface area contributed by atoms with Gasteiger partial charge >= 0.3 is 0 Å². The van der Waals surface area contributed by atoms with Gasteiger partial charge in [-0.05, 0) is 25.0 Å². The van der Waals surface area contributed by atoms with Crippen molar-refractivity contribution < 1.29 is 13.6 Å². The van der Waals surface area contributed by atoms with Crippen molar-refractivity contribution in [1.29, 1.82) is 0 Å². The summed E-state index contributed by atoms with van der Waals surface area (Å²) in [4.78, 5) is 11.9. The van der Waals surface area contributed by atoms with E-state index >= 15 is 0 Å². The third-order valence-electron chi connectivity index (χ3n) is 3.31. The van der Waals surface area contributed by atoms with Crippen LogP contribution in [0.15, 0.2) is 12.1 Å². The van der Waals surface area contributed by atoms with E-state index in [0.717, 1.165) is 25.3 Å². The maximum atomic E-state index is 13.5. The van der Waals surface area contributed by atoms with Crippen LogP contribution in [-0.2, 0) is 0 Å². The van der Waals surface area contributed by atoms with E-state index in [1.54, 1.807) is 0 Å². The molecule has 3 heteroatoms. The van der Waals surface area contributed by atoms with Gasteiger partial charge in [0.25, 0.3) is 0 Å². The predicted octanol–water partition coefficient (Wildman–Crippen LogP) is 5.21. The number of benzene rings is 1. The van der Waals surface area contributed by atoms with E-state index in [0.29, 0.717) is 12.0 Å². The molecular weight excluding hydrogens is 246 g/mol. The molecular formula is C16H22F2O. The van der Waals surface area contributed by atoms with E-state index in [4.69, 9.17) is 0 Å². The van der Waals surface area contributed by atoms with Crippen LogP contribution in [-0.4, -0.2) is 5.78 Å². The molecule has 0 atom stereocenters. The second-order valence-electron chi connectivity index (χ2n) is 5.02. The van der Waals surface area contributed by atoms with Crippen molar-refractivity contribution >= 4 is 5.78 Å². The molecule has 0 saturated carbocycles. The van der Waals surface area contributed by atoms with Crippen LogP contribution >= 0.6 is 0 Å². The maximum absolute atomic E-state index is 13.5. The smallest absolute Gasteiger partial charge is 0.165 e. The molecule has 1 aromatic carbocycles. The van der Waals surface area contributed by atoms with Gasteiger partial charge in [-0.2, -0.15) is 0 Å². The Balaban J connectivity index is 2.43. The minimum absolute atomic E-state index is 0.0208. The zero-order valence-corrected chi connectivity index (χ0v) is 11.8. The Hall–Kier alpha value is -1.25. The number of carbonyl (C=O) groups is 1. The molecule has 0 amide bonds. The van der Waals surface area contributed by atoms with Gasteiger partial charge in [0.1, 0.15) is 11.6 Å². The first-order valence-electron chi connectivity index (χ1n) is 7.05. The fourth-order valence-corrected chi connectivity index (χ4v) is 2.07. The van der Waals surface area contributed by atoms with Gasteiger partial charge in [0.05, 0.1) is 5.56 Å². The number of hydrogen-bond acceptors (Lipinski definition) is 1. The van der Waals surface area contributed by atoms with Gasteiger partial charge in [-0.25, -0.2) is 8.78 Å². The molecule has 1 nitrogen and oxygen atoms in total. The maximum Gasteiger partial charge on any atom is 0.165 e. The quantitative estimate of drug-likeness (QED) is 0.467. The summed E-state index contributed by atoms with van der Waals surface area (Å²) in [6, 6.07) is 2.11. The van der Waals surface area contributed by atoms with E-state index in [2.05, 4.69) is 6.92 Å². The minimum Gasteiger partial charge on any atom is -0.294 e. The summed E-state index contributed by atoms with van der Waals surface area (Å²) in [6.45, 7) is 3.69. The highest BCUT2D eigenvalue weighted by atomic mass is 19.1. The zero-order chi connectivity index (χ0) is 14.3. The molecule has 19 heavy (non-hydrogen) atoms. The minimum atomic E-state index is -0.751. The molecule has 0 aliphatic rings. The number of ketones is 1. The molecule has 0 fully saturated rings. The molecule has 106 valence electrons. The molecule has 0 saturated heterocycles. The van der Waals surface area contributed by atoms with E-state index in [9.17, 15) is 13.6 Å². The first-order chi connectivity index (χ1) is 9.06.